The molecule has 1 aliphatic carbocycles. The summed E-state index contributed by atoms with van der Waals surface area (Å²) >= 11 is 0. The molecule has 2 aliphatic rings. The molecular weight excluding hydrogens is 424 g/mol. The lowest BCUT2D eigenvalue weighted by atomic mass is 9.76. The summed E-state index contributed by atoms with van der Waals surface area (Å²) in [4.78, 5) is 27.3. The van der Waals surface area contributed by atoms with E-state index in [4.69, 9.17) is 4.74 Å². The summed E-state index contributed by atoms with van der Waals surface area (Å²) in [5.41, 5.74) is 2.01. The van der Waals surface area contributed by atoms with E-state index < -0.39 is 5.82 Å². The number of hydrogen-bond acceptors (Lipinski definition) is 3. The van der Waals surface area contributed by atoms with Crippen LogP contribution in [0.15, 0.2) is 85.0 Å². The molecule has 4 rings (SSSR count). The monoisotopic (exact) mass is 449 g/mol. The summed E-state index contributed by atoms with van der Waals surface area (Å²) in [5.74, 6) is -1.38. The van der Waals surface area contributed by atoms with Crippen LogP contribution in [0.1, 0.15) is 29.6 Å². The van der Waals surface area contributed by atoms with Crippen LogP contribution in [-0.4, -0.2) is 30.4 Å². The number of carbonyl (C=O) groups is 2. The highest BCUT2D eigenvalue weighted by atomic mass is 19.1. The third kappa shape index (κ3) is 5.01. The Bertz CT molecular complexity index is 1090. The van der Waals surface area contributed by atoms with E-state index in [0.717, 1.165) is 5.57 Å². The van der Waals surface area contributed by atoms with Crippen LogP contribution in [0, 0.1) is 17.6 Å². The van der Waals surface area contributed by atoms with E-state index in [2.05, 4.69) is 12.7 Å². The van der Waals surface area contributed by atoms with Crippen molar-refractivity contribution in [1.29, 1.82) is 0 Å². The number of hydrogen-bond donors (Lipinski definition) is 0. The second kappa shape index (κ2) is 10.0. The molecule has 1 heterocycles. The summed E-state index contributed by atoms with van der Waals surface area (Å²) < 4.78 is 32.3. The molecule has 0 N–H and O–H groups in total. The van der Waals surface area contributed by atoms with E-state index in [1.165, 1.54) is 36.4 Å². The molecule has 0 bridgehead atoms. The molecule has 1 saturated heterocycles. The van der Waals surface area contributed by atoms with E-state index in [1.54, 1.807) is 23.1 Å². The van der Waals surface area contributed by atoms with Gasteiger partial charge in [0.2, 0.25) is 5.91 Å². The van der Waals surface area contributed by atoms with E-state index in [9.17, 15) is 18.4 Å². The Morgan fingerprint density at radius 3 is 2.36 bits per heavy atom. The fourth-order valence-electron chi connectivity index (χ4n) is 4.32. The number of anilines is 1. The molecule has 0 aromatic heterocycles. The number of nitrogens with zero attached hydrogens (tertiary/aromatic N) is 1. The molecule has 6 heteroatoms. The second-order valence-corrected chi connectivity index (χ2v) is 8.16. The van der Waals surface area contributed by atoms with E-state index in [-0.39, 0.29) is 42.0 Å². The number of halogens is 2. The largest absolute Gasteiger partial charge is 0.370 e. The smallest absolute Gasteiger partial charge is 0.233 e. The van der Waals surface area contributed by atoms with Crippen molar-refractivity contribution in [2.75, 3.05) is 11.5 Å². The van der Waals surface area contributed by atoms with Crippen molar-refractivity contribution >= 4 is 17.4 Å². The van der Waals surface area contributed by atoms with Crippen LogP contribution in [0.3, 0.4) is 0 Å². The van der Waals surface area contributed by atoms with Crippen LogP contribution in [0.4, 0.5) is 14.5 Å². The minimum atomic E-state index is -0.401. The van der Waals surface area contributed by atoms with Crippen LogP contribution in [-0.2, 0) is 9.53 Å². The molecule has 1 amide bonds. The van der Waals surface area contributed by atoms with Crippen LogP contribution in [0.2, 0.25) is 0 Å². The van der Waals surface area contributed by atoms with E-state index in [1.807, 2.05) is 12.2 Å². The maximum absolute atomic E-state index is 13.4. The van der Waals surface area contributed by atoms with E-state index >= 15 is 0 Å². The van der Waals surface area contributed by atoms with Crippen molar-refractivity contribution < 1.29 is 23.1 Å². The summed E-state index contributed by atoms with van der Waals surface area (Å²) in [6, 6.07) is 11.0. The van der Waals surface area contributed by atoms with E-state index in [0.29, 0.717) is 30.7 Å². The summed E-state index contributed by atoms with van der Waals surface area (Å²) in [6.07, 6.45) is 8.84. The number of carbonyl (C=O) groups excluding carboxylic acids is 2. The number of benzene rings is 2. The van der Waals surface area contributed by atoms with Crippen LogP contribution >= 0.6 is 0 Å². The van der Waals surface area contributed by atoms with Crippen LogP contribution in [0.5, 0.6) is 0 Å². The first-order chi connectivity index (χ1) is 16.0. The molecule has 1 unspecified atom stereocenters. The molecular formula is C27H25F2NO3. The van der Waals surface area contributed by atoms with Crippen LogP contribution < -0.4 is 4.90 Å². The lowest BCUT2D eigenvalue weighted by Crippen LogP contribution is -2.62. The number of rotatable bonds is 9. The van der Waals surface area contributed by atoms with Gasteiger partial charge in [0, 0.05) is 17.7 Å². The maximum atomic E-state index is 13.4. The standard InChI is InChI=1S/C27H25F2NO3/c1-2-17-33-23-13-5-19(6-14-23)26-24(15-16-25(31)18-3-7-20(28)8-4-18)27(32)30(26)22-11-9-21(29)10-12-22/h2-13,23-24,26H,1,14-17H2/t23?,24-,26-/m1/s1. The summed E-state index contributed by atoms with van der Waals surface area (Å²) in [5, 5.41) is 0. The van der Waals surface area contributed by atoms with Gasteiger partial charge in [0.05, 0.1) is 24.7 Å². The fourth-order valence-corrected chi connectivity index (χ4v) is 4.32. The third-order valence-corrected chi connectivity index (χ3v) is 6.03. The molecule has 2 aromatic rings. The van der Waals surface area contributed by atoms with Crippen molar-refractivity contribution in [2.24, 2.45) is 5.92 Å². The van der Waals surface area contributed by atoms with Crippen molar-refractivity contribution in [3.8, 4) is 0 Å². The van der Waals surface area contributed by atoms with Gasteiger partial charge in [-0.15, -0.1) is 6.58 Å². The number of β-lactam (4-membered cyclic amide) rings is 1. The number of Topliss-reactive ketones (excluding diaryl/α,β-unsaturated/α-hetero) is 1. The Balaban J connectivity index is 1.51. The normalized spacial score (nSPS) is 22.0. The highest BCUT2D eigenvalue weighted by molar-refractivity contribution is 6.05. The van der Waals surface area contributed by atoms with Gasteiger partial charge >= 0.3 is 0 Å². The lowest BCUT2D eigenvalue weighted by molar-refractivity contribution is -0.129. The summed E-state index contributed by atoms with van der Waals surface area (Å²) in [7, 11) is 0. The molecule has 1 fully saturated rings. The second-order valence-electron chi connectivity index (χ2n) is 8.16. The van der Waals surface area contributed by atoms with Crippen molar-refractivity contribution in [2.45, 2.75) is 31.4 Å². The minimum Gasteiger partial charge on any atom is -0.370 e. The molecule has 4 nitrogen and oxygen atoms in total. The zero-order chi connectivity index (χ0) is 23.4. The van der Waals surface area contributed by atoms with Gasteiger partial charge in [0.15, 0.2) is 5.78 Å². The average molecular weight is 449 g/mol. The first kappa shape index (κ1) is 22.8. The highest BCUT2D eigenvalue weighted by Crippen LogP contribution is 2.41. The molecule has 1 aliphatic heterocycles. The predicted octanol–water partition coefficient (Wildman–Crippen LogP) is 5.42. The Labute approximate surface area is 191 Å². The van der Waals surface area contributed by atoms with Crippen molar-refractivity contribution in [3.05, 3.63) is 102 Å². The summed E-state index contributed by atoms with van der Waals surface area (Å²) in [6.45, 7) is 4.11. The lowest BCUT2D eigenvalue weighted by Gasteiger charge is -2.48. The quantitative estimate of drug-likeness (QED) is 0.292. The van der Waals surface area contributed by atoms with Gasteiger partial charge in [0.25, 0.3) is 0 Å². The molecule has 0 saturated carbocycles. The first-order valence-electron chi connectivity index (χ1n) is 11.0. The Kier molecular flexibility index (Phi) is 6.94. The zero-order valence-corrected chi connectivity index (χ0v) is 18.1. The van der Waals surface area contributed by atoms with Gasteiger partial charge in [-0.25, -0.2) is 8.78 Å². The number of ether oxygens (including phenoxy) is 1. The Morgan fingerprint density at radius 1 is 1.09 bits per heavy atom. The van der Waals surface area contributed by atoms with Gasteiger partial charge in [-0.3, -0.25) is 9.59 Å². The zero-order valence-electron chi connectivity index (χ0n) is 18.1. The SMILES string of the molecule is C=CCOC1C=CC([C@@H]2[C@@H](CCC(=O)c3ccc(F)cc3)C(=O)N2c2ccc(F)cc2)=CC1. The van der Waals surface area contributed by atoms with Crippen molar-refractivity contribution in [1.82, 2.24) is 0 Å². The van der Waals surface area contributed by atoms with Gasteiger partial charge in [-0.2, -0.15) is 0 Å². The molecule has 33 heavy (non-hydrogen) atoms. The molecule has 0 radical (unpaired) electrons. The molecule has 3 atom stereocenters. The maximum Gasteiger partial charge on any atom is 0.233 e. The van der Waals surface area contributed by atoms with Crippen molar-refractivity contribution in [3.63, 3.8) is 0 Å². The molecule has 170 valence electrons. The van der Waals surface area contributed by atoms with Gasteiger partial charge in [-0.05, 0) is 66.9 Å². The topological polar surface area (TPSA) is 46.6 Å². The fraction of sp³-hybridized carbons (Fsp3) is 0.259. The van der Waals surface area contributed by atoms with Gasteiger partial charge in [0.1, 0.15) is 11.6 Å². The third-order valence-electron chi connectivity index (χ3n) is 6.03. The Morgan fingerprint density at radius 2 is 1.76 bits per heavy atom. The number of amides is 1. The predicted molar refractivity (Wildman–Crippen MR) is 123 cm³/mol. The number of ketones is 1. The van der Waals surface area contributed by atoms with Gasteiger partial charge < -0.3 is 9.64 Å². The van der Waals surface area contributed by atoms with Crippen LogP contribution in [0.25, 0.3) is 0 Å². The van der Waals surface area contributed by atoms with Gasteiger partial charge in [-0.1, -0.05) is 24.3 Å². The minimum absolute atomic E-state index is 0.0553. The molecule has 0 spiro atoms. The molecule has 2 aromatic carbocycles. The Hall–Kier alpha value is -3.38. The average Bonchev–Trinajstić information content (AvgIpc) is 2.83. The first-order valence-corrected chi connectivity index (χ1v) is 11.0. The highest BCUT2D eigenvalue weighted by Gasteiger charge is 2.49.